The van der Waals surface area contributed by atoms with Crippen LogP contribution in [0.3, 0.4) is 0 Å². The molecule has 2 rings (SSSR count). The lowest BCUT2D eigenvalue weighted by atomic mass is 9.99. The molecule has 19 heavy (non-hydrogen) atoms. The van der Waals surface area contributed by atoms with Crippen molar-refractivity contribution < 1.29 is 23.8 Å². The molecule has 6 nitrogen and oxygen atoms in total. The number of carboxylic acid groups (broad SMARTS) is 1. The van der Waals surface area contributed by atoms with Crippen molar-refractivity contribution >= 4 is 23.6 Å². The molecule has 2 heterocycles. The highest BCUT2D eigenvalue weighted by Gasteiger charge is 2.43. The van der Waals surface area contributed by atoms with Gasteiger partial charge in [0.1, 0.15) is 17.9 Å². The summed E-state index contributed by atoms with van der Waals surface area (Å²) in [6.07, 6.45) is 0.421. The normalized spacial score (nSPS) is 22.4. The molecule has 0 spiro atoms. The second-order valence-corrected chi connectivity index (χ2v) is 5.45. The Bertz CT molecular complexity index is 478. The Hall–Kier alpha value is -1.47. The number of nitrogens with one attached hydrogen (secondary N) is 1. The van der Waals surface area contributed by atoms with E-state index in [-0.39, 0.29) is 12.4 Å². The minimum Gasteiger partial charge on any atom is -0.479 e. The van der Waals surface area contributed by atoms with E-state index in [4.69, 9.17) is 9.15 Å². The zero-order chi connectivity index (χ0) is 13.9. The van der Waals surface area contributed by atoms with Crippen LogP contribution in [0.4, 0.5) is 0 Å². The topological polar surface area (TPSA) is 88.8 Å². The first kappa shape index (κ1) is 14.0. The Morgan fingerprint density at radius 2 is 2.37 bits per heavy atom. The van der Waals surface area contributed by atoms with Crippen LogP contribution in [0.2, 0.25) is 0 Å². The Labute approximate surface area is 114 Å². The van der Waals surface area contributed by atoms with E-state index in [1.807, 2.05) is 0 Å². The average Bonchev–Trinajstić information content (AvgIpc) is 2.99. The maximum Gasteiger partial charge on any atom is 0.330 e. The molecule has 0 aromatic carbocycles. The Kier molecular flexibility index (Phi) is 4.16. The molecule has 1 amide bonds. The molecular weight excluding hydrogens is 270 g/mol. The van der Waals surface area contributed by atoms with Crippen LogP contribution in [0.25, 0.3) is 0 Å². The van der Waals surface area contributed by atoms with Crippen molar-refractivity contribution in [3.05, 3.63) is 23.7 Å². The number of hydrogen-bond acceptors (Lipinski definition) is 5. The molecule has 1 saturated heterocycles. The summed E-state index contributed by atoms with van der Waals surface area (Å²) in [5.41, 5.74) is -1.18. The van der Waals surface area contributed by atoms with Gasteiger partial charge in [-0.1, -0.05) is 0 Å². The van der Waals surface area contributed by atoms with E-state index in [1.54, 1.807) is 6.07 Å². The number of furan rings is 1. The van der Waals surface area contributed by atoms with Crippen LogP contribution in [0.5, 0.6) is 0 Å². The summed E-state index contributed by atoms with van der Waals surface area (Å²) in [4.78, 5) is 23.3. The highest BCUT2D eigenvalue weighted by molar-refractivity contribution is 7.99. The molecule has 0 aliphatic carbocycles. The van der Waals surface area contributed by atoms with Crippen molar-refractivity contribution in [2.75, 3.05) is 18.6 Å². The van der Waals surface area contributed by atoms with Gasteiger partial charge in [0.2, 0.25) is 0 Å². The van der Waals surface area contributed by atoms with Crippen LogP contribution in [0.1, 0.15) is 22.7 Å². The first-order valence-electron chi connectivity index (χ1n) is 5.79. The Morgan fingerprint density at radius 3 is 2.95 bits per heavy atom. The van der Waals surface area contributed by atoms with Crippen LogP contribution in [-0.4, -0.2) is 41.1 Å². The van der Waals surface area contributed by atoms with E-state index in [0.717, 1.165) is 5.75 Å². The zero-order valence-corrected chi connectivity index (χ0v) is 11.3. The van der Waals surface area contributed by atoms with E-state index in [2.05, 4.69) is 5.32 Å². The van der Waals surface area contributed by atoms with Gasteiger partial charge in [-0.2, -0.15) is 11.8 Å². The van der Waals surface area contributed by atoms with Crippen molar-refractivity contribution in [2.45, 2.75) is 18.6 Å². The third kappa shape index (κ3) is 2.93. The van der Waals surface area contributed by atoms with Crippen molar-refractivity contribution in [1.29, 1.82) is 0 Å². The molecule has 104 valence electrons. The molecule has 7 heteroatoms. The smallest absolute Gasteiger partial charge is 0.330 e. The second-order valence-electron chi connectivity index (χ2n) is 4.34. The third-order valence-corrected chi connectivity index (χ3v) is 4.15. The fraction of sp³-hybridized carbons (Fsp3) is 0.500. The minimum absolute atomic E-state index is 0.101. The molecule has 1 aromatic rings. The van der Waals surface area contributed by atoms with Crippen LogP contribution in [0, 0.1) is 0 Å². The van der Waals surface area contributed by atoms with E-state index < -0.39 is 17.4 Å². The lowest BCUT2D eigenvalue weighted by Crippen LogP contribution is -2.54. The second kappa shape index (κ2) is 5.66. The highest BCUT2D eigenvalue weighted by Crippen LogP contribution is 2.28. The van der Waals surface area contributed by atoms with Crippen LogP contribution in [-0.2, 0) is 16.1 Å². The molecule has 0 saturated carbocycles. The molecule has 0 bridgehead atoms. The van der Waals surface area contributed by atoms with Gasteiger partial charge in [0, 0.05) is 12.9 Å². The third-order valence-electron chi connectivity index (χ3n) is 2.96. The number of amides is 1. The fourth-order valence-electron chi connectivity index (χ4n) is 1.88. The van der Waals surface area contributed by atoms with Gasteiger partial charge in [0.15, 0.2) is 5.76 Å². The average molecular weight is 285 g/mol. The monoisotopic (exact) mass is 285 g/mol. The van der Waals surface area contributed by atoms with Gasteiger partial charge in [-0.25, -0.2) is 4.79 Å². The van der Waals surface area contributed by atoms with Crippen LogP contribution >= 0.6 is 11.8 Å². The van der Waals surface area contributed by atoms with Gasteiger partial charge in [0.25, 0.3) is 5.91 Å². The van der Waals surface area contributed by atoms with E-state index >= 15 is 0 Å². The van der Waals surface area contributed by atoms with Gasteiger partial charge < -0.3 is 19.6 Å². The standard InChI is InChI=1S/C12H15NO5S/c1-17-6-8-2-3-9(18-8)10(14)13-12(11(15)16)4-5-19-7-12/h2-3H,4-7H2,1H3,(H,13,14)(H,15,16). The lowest BCUT2D eigenvalue weighted by Gasteiger charge is -2.23. The minimum atomic E-state index is -1.18. The number of aliphatic carboxylic acids is 1. The molecule has 1 fully saturated rings. The van der Waals surface area contributed by atoms with Crippen molar-refractivity contribution in [2.24, 2.45) is 0 Å². The highest BCUT2D eigenvalue weighted by atomic mass is 32.2. The van der Waals surface area contributed by atoms with Gasteiger partial charge >= 0.3 is 5.97 Å². The summed E-state index contributed by atoms with van der Waals surface area (Å²) in [5, 5.41) is 11.8. The van der Waals surface area contributed by atoms with Crippen LogP contribution < -0.4 is 5.32 Å². The van der Waals surface area contributed by atoms with Gasteiger partial charge in [0.05, 0.1) is 0 Å². The summed E-state index contributed by atoms with van der Waals surface area (Å²) in [5.74, 6) is 0.212. The van der Waals surface area contributed by atoms with Crippen LogP contribution in [0.15, 0.2) is 16.5 Å². The number of carboxylic acids is 1. The number of methoxy groups -OCH3 is 1. The fourth-order valence-corrected chi connectivity index (χ4v) is 3.21. The molecule has 1 atom stereocenters. The number of hydrogen-bond donors (Lipinski definition) is 2. The van der Waals surface area contributed by atoms with Crippen molar-refractivity contribution in [3.8, 4) is 0 Å². The summed E-state index contributed by atoms with van der Waals surface area (Å²) in [7, 11) is 1.53. The quantitative estimate of drug-likeness (QED) is 0.842. The Balaban J connectivity index is 2.08. The zero-order valence-electron chi connectivity index (χ0n) is 10.5. The van der Waals surface area contributed by atoms with Crippen molar-refractivity contribution in [1.82, 2.24) is 5.32 Å². The molecule has 1 aliphatic heterocycles. The van der Waals surface area contributed by atoms with E-state index in [9.17, 15) is 14.7 Å². The predicted octanol–water partition coefficient (Wildman–Crippen LogP) is 1.12. The first-order chi connectivity index (χ1) is 9.07. The summed E-state index contributed by atoms with van der Waals surface area (Å²) in [6, 6.07) is 3.15. The van der Waals surface area contributed by atoms with Gasteiger partial charge in [-0.3, -0.25) is 4.79 Å². The molecule has 2 N–H and O–H groups in total. The first-order valence-corrected chi connectivity index (χ1v) is 6.94. The number of thioether (sulfide) groups is 1. The largest absolute Gasteiger partial charge is 0.479 e. The SMILES string of the molecule is COCc1ccc(C(=O)NC2(C(=O)O)CCSC2)o1. The van der Waals surface area contributed by atoms with E-state index in [0.29, 0.717) is 17.9 Å². The summed E-state index contributed by atoms with van der Waals surface area (Å²) >= 11 is 1.51. The number of ether oxygens (including phenoxy) is 1. The number of rotatable bonds is 5. The summed E-state index contributed by atoms with van der Waals surface area (Å²) < 4.78 is 10.2. The van der Waals surface area contributed by atoms with Crippen molar-refractivity contribution in [3.63, 3.8) is 0 Å². The van der Waals surface area contributed by atoms with Gasteiger partial charge in [-0.15, -0.1) is 0 Å². The number of carbonyl (C=O) groups is 2. The molecule has 1 unspecified atom stereocenters. The predicted molar refractivity (Wildman–Crippen MR) is 69.2 cm³/mol. The van der Waals surface area contributed by atoms with Gasteiger partial charge in [-0.05, 0) is 24.3 Å². The van der Waals surface area contributed by atoms with E-state index in [1.165, 1.54) is 24.9 Å². The maximum atomic E-state index is 12.0. The lowest BCUT2D eigenvalue weighted by molar-refractivity contribution is -0.143. The Morgan fingerprint density at radius 1 is 1.58 bits per heavy atom. The molecule has 1 aromatic heterocycles. The summed E-state index contributed by atoms with van der Waals surface area (Å²) in [6.45, 7) is 0.271. The molecule has 1 aliphatic rings. The molecule has 0 radical (unpaired) electrons. The maximum absolute atomic E-state index is 12.0. The number of carbonyl (C=O) groups excluding carboxylic acids is 1. The molecular formula is C12H15NO5S.